The van der Waals surface area contributed by atoms with Gasteiger partial charge in [-0.15, -0.1) is 0 Å². The van der Waals surface area contributed by atoms with Crippen LogP contribution in [0.4, 0.5) is 0 Å². The first kappa shape index (κ1) is 9.32. The smallest absolute Gasteiger partial charge is 0.0480 e. The lowest BCUT2D eigenvalue weighted by Crippen LogP contribution is -1.92. The number of hydrogen-bond donors (Lipinski definition) is 0. The molecular weight excluding hydrogens is 170 g/mol. The lowest BCUT2D eigenvalue weighted by molar-refractivity contribution is 0.734. The van der Waals surface area contributed by atoms with Crippen molar-refractivity contribution in [2.24, 2.45) is 7.05 Å². The van der Waals surface area contributed by atoms with Crippen molar-refractivity contribution in [3.05, 3.63) is 36.0 Å². The van der Waals surface area contributed by atoms with Crippen molar-refractivity contribution in [1.29, 1.82) is 0 Å². The van der Waals surface area contributed by atoms with Gasteiger partial charge < -0.3 is 4.57 Å². The summed E-state index contributed by atoms with van der Waals surface area (Å²) in [5.74, 6) is 0.661. The van der Waals surface area contributed by atoms with E-state index in [0.717, 1.165) is 0 Å². The fourth-order valence-electron chi connectivity index (χ4n) is 1.82. The number of hydrogen-bond acceptors (Lipinski definition) is 0. The third-order valence-corrected chi connectivity index (χ3v) is 3.09. The zero-order valence-electron chi connectivity index (χ0n) is 9.12. The van der Waals surface area contributed by atoms with Crippen LogP contribution < -0.4 is 0 Å². The van der Waals surface area contributed by atoms with Gasteiger partial charge in [-0.25, -0.2) is 0 Å². The summed E-state index contributed by atoms with van der Waals surface area (Å²) in [6.07, 6.45) is 3.32. The van der Waals surface area contributed by atoms with Crippen LogP contribution in [0.3, 0.4) is 0 Å². The molecule has 74 valence electrons. The molecule has 0 bridgehead atoms. The highest BCUT2D eigenvalue weighted by molar-refractivity contribution is 5.80. The minimum atomic E-state index is 0.661. The summed E-state index contributed by atoms with van der Waals surface area (Å²) in [6.45, 7) is 4.52. The maximum Gasteiger partial charge on any atom is 0.0480 e. The van der Waals surface area contributed by atoms with Crippen LogP contribution in [0.15, 0.2) is 30.5 Å². The monoisotopic (exact) mass is 187 g/mol. The summed E-state index contributed by atoms with van der Waals surface area (Å²) in [7, 11) is 2.10. The Bertz CT molecular complexity index is 439. The van der Waals surface area contributed by atoms with E-state index in [1.165, 1.54) is 22.9 Å². The van der Waals surface area contributed by atoms with E-state index < -0.39 is 0 Å². The Labute approximate surface area is 85.4 Å². The predicted molar refractivity (Wildman–Crippen MR) is 61.6 cm³/mol. The van der Waals surface area contributed by atoms with E-state index in [2.05, 4.69) is 55.9 Å². The summed E-state index contributed by atoms with van der Waals surface area (Å²) >= 11 is 0. The summed E-state index contributed by atoms with van der Waals surface area (Å²) in [4.78, 5) is 0. The minimum absolute atomic E-state index is 0.661. The molecule has 0 fully saturated rings. The molecule has 2 aromatic rings. The highest BCUT2D eigenvalue weighted by Crippen LogP contribution is 2.23. The maximum absolute atomic E-state index is 2.31. The molecule has 1 heteroatoms. The van der Waals surface area contributed by atoms with Gasteiger partial charge in [-0.1, -0.05) is 26.0 Å². The second-order valence-corrected chi connectivity index (χ2v) is 4.05. The molecule has 0 saturated carbocycles. The largest absolute Gasteiger partial charge is 0.351 e. The third kappa shape index (κ3) is 1.43. The van der Waals surface area contributed by atoms with Crippen molar-refractivity contribution in [2.75, 3.05) is 0 Å². The molecular formula is C13H17N. The number of aromatic nitrogens is 1. The Balaban J connectivity index is 2.54. The van der Waals surface area contributed by atoms with E-state index in [9.17, 15) is 0 Å². The molecule has 0 aliphatic rings. The van der Waals surface area contributed by atoms with Crippen molar-refractivity contribution >= 4 is 10.9 Å². The van der Waals surface area contributed by atoms with Gasteiger partial charge in [0, 0.05) is 18.8 Å². The van der Waals surface area contributed by atoms with E-state index in [1.807, 2.05) is 0 Å². The van der Waals surface area contributed by atoms with Crippen molar-refractivity contribution < 1.29 is 0 Å². The first-order chi connectivity index (χ1) is 6.72. The molecule has 14 heavy (non-hydrogen) atoms. The number of rotatable bonds is 2. The Kier molecular flexibility index (Phi) is 2.32. The second-order valence-electron chi connectivity index (χ2n) is 4.05. The first-order valence-electron chi connectivity index (χ1n) is 5.27. The fraction of sp³-hybridized carbons (Fsp3) is 0.385. The zero-order valence-corrected chi connectivity index (χ0v) is 9.12. The van der Waals surface area contributed by atoms with Crippen LogP contribution >= 0.6 is 0 Å². The molecule has 0 saturated heterocycles. The van der Waals surface area contributed by atoms with Crippen molar-refractivity contribution in [3.63, 3.8) is 0 Å². The Morgan fingerprint density at radius 2 is 2.07 bits per heavy atom. The molecule has 1 atom stereocenters. The number of benzene rings is 1. The first-order valence-corrected chi connectivity index (χ1v) is 5.27. The van der Waals surface area contributed by atoms with E-state index >= 15 is 0 Å². The number of fused-ring (bicyclic) bond motifs is 1. The molecule has 0 unspecified atom stereocenters. The van der Waals surface area contributed by atoms with Crippen LogP contribution in [0.1, 0.15) is 31.7 Å². The topological polar surface area (TPSA) is 4.93 Å². The van der Waals surface area contributed by atoms with E-state index in [4.69, 9.17) is 0 Å². The summed E-state index contributed by atoms with van der Waals surface area (Å²) in [5.41, 5.74) is 2.78. The lowest BCUT2D eigenvalue weighted by Gasteiger charge is -2.09. The Morgan fingerprint density at radius 1 is 1.29 bits per heavy atom. The molecule has 1 nitrogen and oxygen atoms in total. The van der Waals surface area contributed by atoms with E-state index in [-0.39, 0.29) is 0 Å². The third-order valence-electron chi connectivity index (χ3n) is 3.09. The Hall–Kier alpha value is -1.24. The normalized spacial score (nSPS) is 13.4. The summed E-state index contributed by atoms with van der Waals surface area (Å²) in [6, 6.07) is 8.94. The van der Waals surface area contributed by atoms with Gasteiger partial charge in [-0.3, -0.25) is 0 Å². The van der Waals surface area contributed by atoms with Gasteiger partial charge in [-0.05, 0) is 35.4 Å². The SMILES string of the molecule is CC[C@H](C)c1ccc2ccn(C)c2c1. The summed E-state index contributed by atoms with van der Waals surface area (Å²) in [5, 5.41) is 1.33. The van der Waals surface area contributed by atoms with Gasteiger partial charge in [0.15, 0.2) is 0 Å². The number of aryl methyl sites for hydroxylation is 1. The van der Waals surface area contributed by atoms with E-state index in [1.54, 1.807) is 0 Å². The van der Waals surface area contributed by atoms with Gasteiger partial charge in [0.1, 0.15) is 0 Å². The quantitative estimate of drug-likeness (QED) is 0.675. The molecule has 1 aromatic carbocycles. The predicted octanol–water partition coefficient (Wildman–Crippen LogP) is 3.69. The van der Waals surface area contributed by atoms with Gasteiger partial charge in [0.2, 0.25) is 0 Å². The van der Waals surface area contributed by atoms with Crippen molar-refractivity contribution in [2.45, 2.75) is 26.2 Å². The van der Waals surface area contributed by atoms with Crippen LogP contribution in [-0.2, 0) is 7.05 Å². The number of nitrogens with zero attached hydrogens (tertiary/aromatic N) is 1. The van der Waals surface area contributed by atoms with Crippen LogP contribution in [0.2, 0.25) is 0 Å². The average molecular weight is 187 g/mol. The van der Waals surface area contributed by atoms with Crippen LogP contribution in [0.5, 0.6) is 0 Å². The Morgan fingerprint density at radius 3 is 2.79 bits per heavy atom. The maximum atomic E-state index is 2.31. The van der Waals surface area contributed by atoms with Crippen molar-refractivity contribution in [1.82, 2.24) is 4.57 Å². The summed E-state index contributed by atoms with van der Waals surface area (Å²) < 4.78 is 2.18. The molecule has 0 aliphatic carbocycles. The molecule has 1 aromatic heterocycles. The molecule has 1 heterocycles. The molecule has 0 aliphatic heterocycles. The second kappa shape index (κ2) is 3.49. The molecule has 2 rings (SSSR count). The molecule has 0 N–H and O–H groups in total. The van der Waals surface area contributed by atoms with Crippen LogP contribution in [0, 0.1) is 0 Å². The molecule has 0 radical (unpaired) electrons. The van der Waals surface area contributed by atoms with Gasteiger partial charge >= 0.3 is 0 Å². The van der Waals surface area contributed by atoms with E-state index in [0.29, 0.717) is 5.92 Å². The van der Waals surface area contributed by atoms with Gasteiger partial charge in [0.05, 0.1) is 0 Å². The van der Waals surface area contributed by atoms with Crippen LogP contribution in [-0.4, -0.2) is 4.57 Å². The van der Waals surface area contributed by atoms with Gasteiger partial charge in [-0.2, -0.15) is 0 Å². The van der Waals surface area contributed by atoms with Crippen LogP contribution in [0.25, 0.3) is 10.9 Å². The average Bonchev–Trinajstić information content (AvgIpc) is 2.59. The van der Waals surface area contributed by atoms with Crippen molar-refractivity contribution in [3.8, 4) is 0 Å². The zero-order chi connectivity index (χ0) is 10.1. The minimum Gasteiger partial charge on any atom is -0.351 e. The standard InChI is InChI=1S/C13H17N/c1-4-10(2)12-6-5-11-7-8-14(3)13(11)9-12/h5-10H,4H2,1-3H3/t10-/m0/s1. The highest BCUT2D eigenvalue weighted by atomic mass is 14.9. The fourth-order valence-corrected chi connectivity index (χ4v) is 1.82. The molecule has 0 amide bonds. The highest BCUT2D eigenvalue weighted by Gasteiger charge is 2.04. The molecule has 0 spiro atoms. The lowest BCUT2D eigenvalue weighted by atomic mass is 9.98. The van der Waals surface area contributed by atoms with Gasteiger partial charge in [0.25, 0.3) is 0 Å².